The van der Waals surface area contributed by atoms with Crippen LogP contribution >= 0.6 is 15.9 Å². The summed E-state index contributed by atoms with van der Waals surface area (Å²) in [6.07, 6.45) is 3.75. The lowest BCUT2D eigenvalue weighted by molar-refractivity contribution is 0.355. The highest BCUT2D eigenvalue weighted by Crippen LogP contribution is 2.30. The Morgan fingerprint density at radius 3 is 2.45 bits per heavy atom. The molecular weight excluding hydrogens is 320 g/mol. The van der Waals surface area contributed by atoms with Gasteiger partial charge in [0.05, 0.1) is 18.7 Å². The van der Waals surface area contributed by atoms with Crippen LogP contribution in [-0.2, 0) is 0 Å². The molecule has 1 N–H and O–H groups in total. The van der Waals surface area contributed by atoms with Gasteiger partial charge in [0.1, 0.15) is 5.75 Å². The predicted molar refractivity (Wildman–Crippen MR) is 84.3 cm³/mol. The van der Waals surface area contributed by atoms with Gasteiger partial charge in [0.25, 0.3) is 0 Å². The molecule has 0 unspecified atom stereocenters. The van der Waals surface area contributed by atoms with Crippen LogP contribution in [0.1, 0.15) is 11.1 Å². The maximum atomic E-state index is 9.92. The van der Waals surface area contributed by atoms with E-state index in [-0.39, 0.29) is 5.75 Å². The number of ether oxygens (including phenoxy) is 2. The zero-order valence-electron chi connectivity index (χ0n) is 11.3. The minimum atomic E-state index is 0.226. The van der Waals surface area contributed by atoms with Crippen LogP contribution in [-0.4, -0.2) is 19.3 Å². The van der Waals surface area contributed by atoms with Crippen molar-refractivity contribution >= 4 is 28.1 Å². The lowest BCUT2D eigenvalue weighted by Gasteiger charge is -2.07. The molecule has 2 rings (SSSR count). The molecule has 20 heavy (non-hydrogen) atoms. The van der Waals surface area contributed by atoms with Gasteiger partial charge >= 0.3 is 0 Å². The van der Waals surface area contributed by atoms with E-state index >= 15 is 0 Å². The van der Waals surface area contributed by atoms with Gasteiger partial charge in [0.15, 0.2) is 11.5 Å². The number of benzene rings is 2. The second-order valence-electron chi connectivity index (χ2n) is 4.13. The van der Waals surface area contributed by atoms with Crippen LogP contribution in [0.3, 0.4) is 0 Å². The molecule has 0 amide bonds. The summed E-state index contributed by atoms with van der Waals surface area (Å²) in [6.45, 7) is 0. The first kappa shape index (κ1) is 14.5. The highest BCUT2D eigenvalue weighted by Gasteiger charge is 2.04. The molecule has 2 aromatic rings. The molecule has 4 heteroatoms. The minimum absolute atomic E-state index is 0.226. The lowest BCUT2D eigenvalue weighted by Crippen LogP contribution is -1.90. The van der Waals surface area contributed by atoms with Gasteiger partial charge in [-0.3, -0.25) is 0 Å². The summed E-state index contributed by atoms with van der Waals surface area (Å²) >= 11 is 3.29. The number of methoxy groups -OCH3 is 2. The van der Waals surface area contributed by atoms with E-state index in [0.717, 1.165) is 11.1 Å². The van der Waals surface area contributed by atoms with Gasteiger partial charge < -0.3 is 14.6 Å². The van der Waals surface area contributed by atoms with Gasteiger partial charge in [-0.05, 0) is 39.7 Å². The SMILES string of the molecule is COc1ccc(C=Cc2cccc(Br)c2O)cc1OC. The number of para-hydroxylation sites is 1. The quantitative estimate of drug-likeness (QED) is 0.845. The topological polar surface area (TPSA) is 38.7 Å². The molecule has 104 valence electrons. The highest BCUT2D eigenvalue weighted by molar-refractivity contribution is 9.10. The van der Waals surface area contributed by atoms with Gasteiger partial charge in [-0.15, -0.1) is 0 Å². The fraction of sp³-hybridized carbons (Fsp3) is 0.125. The van der Waals surface area contributed by atoms with Gasteiger partial charge in [-0.2, -0.15) is 0 Å². The Kier molecular flexibility index (Phi) is 4.69. The molecule has 0 bridgehead atoms. The third-order valence-electron chi connectivity index (χ3n) is 2.88. The summed E-state index contributed by atoms with van der Waals surface area (Å²) in [4.78, 5) is 0. The van der Waals surface area contributed by atoms with Crippen molar-refractivity contribution in [1.29, 1.82) is 0 Å². The Bertz CT molecular complexity index is 636. The summed E-state index contributed by atoms with van der Waals surface area (Å²) in [5, 5.41) is 9.92. The normalized spacial score (nSPS) is 10.8. The molecule has 0 fully saturated rings. The van der Waals surface area contributed by atoms with E-state index in [1.807, 2.05) is 42.5 Å². The molecule has 0 heterocycles. The standard InChI is InChI=1S/C16H15BrO3/c1-19-14-9-7-11(10-15(14)20-2)6-8-12-4-3-5-13(17)16(12)18/h3-10,18H,1-2H3. The van der Waals surface area contributed by atoms with Crippen LogP contribution in [0.2, 0.25) is 0 Å². The zero-order valence-corrected chi connectivity index (χ0v) is 12.8. The first-order valence-electron chi connectivity index (χ1n) is 6.03. The van der Waals surface area contributed by atoms with Crippen molar-refractivity contribution < 1.29 is 14.6 Å². The van der Waals surface area contributed by atoms with E-state index in [2.05, 4.69) is 15.9 Å². The molecule has 0 radical (unpaired) electrons. The number of hydrogen-bond acceptors (Lipinski definition) is 3. The van der Waals surface area contributed by atoms with E-state index in [0.29, 0.717) is 16.0 Å². The molecule has 0 aliphatic heterocycles. The fourth-order valence-electron chi connectivity index (χ4n) is 1.81. The van der Waals surface area contributed by atoms with Crippen LogP contribution in [0.25, 0.3) is 12.2 Å². The van der Waals surface area contributed by atoms with Crippen LogP contribution in [0.4, 0.5) is 0 Å². The van der Waals surface area contributed by atoms with Crippen LogP contribution in [0.5, 0.6) is 17.2 Å². The van der Waals surface area contributed by atoms with Gasteiger partial charge in [0.2, 0.25) is 0 Å². The van der Waals surface area contributed by atoms with Crippen molar-refractivity contribution in [3.8, 4) is 17.2 Å². The van der Waals surface area contributed by atoms with E-state index in [1.165, 1.54) is 0 Å². The van der Waals surface area contributed by atoms with Gasteiger partial charge in [-0.25, -0.2) is 0 Å². The Hall–Kier alpha value is -1.94. The molecule has 2 aromatic carbocycles. The maximum Gasteiger partial charge on any atom is 0.161 e. The second kappa shape index (κ2) is 6.48. The molecule has 0 saturated heterocycles. The van der Waals surface area contributed by atoms with E-state index in [4.69, 9.17) is 9.47 Å². The fourth-order valence-corrected chi connectivity index (χ4v) is 2.19. The number of phenolic OH excluding ortho intramolecular Hbond substituents is 1. The van der Waals surface area contributed by atoms with Crippen molar-refractivity contribution in [2.75, 3.05) is 14.2 Å². The Morgan fingerprint density at radius 2 is 1.75 bits per heavy atom. The maximum absolute atomic E-state index is 9.92. The summed E-state index contributed by atoms with van der Waals surface area (Å²) in [6, 6.07) is 11.2. The highest BCUT2D eigenvalue weighted by atomic mass is 79.9. The average molecular weight is 335 g/mol. The largest absolute Gasteiger partial charge is 0.506 e. The van der Waals surface area contributed by atoms with Gasteiger partial charge in [-0.1, -0.05) is 30.4 Å². The molecule has 0 aliphatic carbocycles. The molecule has 0 aliphatic rings. The number of hydrogen-bond donors (Lipinski definition) is 1. The third-order valence-corrected chi connectivity index (χ3v) is 3.52. The Labute approximate surface area is 126 Å². The second-order valence-corrected chi connectivity index (χ2v) is 4.98. The van der Waals surface area contributed by atoms with E-state index in [9.17, 15) is 5.11 Å². The number of aromatic hydroxyl groups is 1. The van der Waals surface area contributed by atoms with Crippen molar-refractivity contribution in [2.45, 2.75) is 0 Å². The summed E-state index contributed by atoms with van der Waals surface area (Å²) in [7, 11) is 3.21. The van der Waals surface area contributed by atoms with Crippen molar-refractivity contribution in [1.82, 2.24) is 0 Å². The first-order chi connectivity index (χ1) is 9.65. The number of rotatable bonds is 4. The van der Waals surface area contributed by atoms with E-state index in [1.54, 1.807) is 20.3 Å². The number of phenols is 1. The molecule has 0 atom stereocenters. The molecule has 0 aromatic heterocycles. The Balaban J connectivity index is 2.29. The average Bonchev–Trinajstić information content (AvgIpc) is 2.48. The summed E-state index contributed by atoms with van der Waals surface area (Å²) < 4.78 is 11.1. The van der Waals surface area contributed by atoms with Crippen molar-refractivity contribution in [2.24, 2.45) is 0 Å². The van der Waals surface area contributed by atoms with Crippen LogP contribution < -0.4 is 9.47 Å². The molecular formula is C16H15BrO3. The predicted octanol–water partition coefficient (Wildman–Crippen LogP) is 4.34. The molecule has 0 spiro atoms. The summed E-state index contributed by atoms with van der Waals surface area (Å²) in [5.74, 6) is 1.59. The monoisotopic (exact) mass is 334 g/mol. The van der Waals surface area contributed by atoms with Gasteiger partial charge in [0, 0.05) is 5.56 Å². The van der Waals surface area contributed by atoms with E-state index < -0.39 is 0 Å². The first-order valence-corrected chi connectivity index (χ1v) is 6.82. The lowest BCUT2D eigenvalue weighted by atomic mass is 10.1. The Morgan fingerprint density at radius 1 is 1.00 bits per heavy atom. The molecule has 3 nitrogen and oxygen atoms in total. The minimum Gasteiger partial charge on any atom is -0.506 e. The third kappa shape index (κ3) is 3.14. The van der Waals surface area contributed by atoms with Crippen LogP contribution in [0, 0.1) is 0 Å². The van der Waals surface area contributed by atoms with Crippen molar-refractivity contribution in [3.63, 3.8) is 0 Å². The summed E-state index contributed by atoms with van der Waals surface area (Å²) in [5.41, 5.74) is 1.70. The zero-order chi connectivity index (χ0) is 14.5. The smallest absolute Gasteiger partial charge is 0.161 e. The van der Waals surface area contributed by atoms with Crippen molar-refractivity contribution in [3.05, 3.63) is 52.0 Å². The van der Waals surface area contributed by atoms with Crippen LogP contribution in [0.15, 0.2) is 40.9 Å². The number of halogens is 1. The molecule has 0 saturated carbocycles.